The molecule has 0 saturated heterocycles. The van der Waals surface area contributed by atoms with Crippen molar-refractivity contribution in [2.45, 2.75) is 6.92 Å². The number of rotatable bonds is 1. The highest BCUT2D eigenvalue weighted by molar-refractivity contribution is 4.96. The van der Waals surface area contributed by atoms with E-state index in [1.165, 1.54) is 0 Å². The lowest BCUT2D eigenvalue weighted by Gasteiger charge is -1.59. The zero-order valence-electron chi connectivity index (χ0n) is 3.56. The second kappa shape index (κ2) is 4.16. The molecule has 32 valence electrons. The van der Waals surface area contributed by atoms with Gasteiger partial charge in [-0.25, -0.2) is 0 Å². The number of nitrogens with zero attached hydrogens (tertiary/aromatic N) is 1. The summed E-state index contributed by atoms with van der Waals surface area (Å²) in [6.07, 6.45) is 0. The van der Waals surface area contributed by atoms with E-state index in [0.29, 0.717) is 0 Å². The zero-order chi connectivity index (χ0) is 4.83. The van der Waals surface area contributed by atoms with E-state index in [-0.39, 0.29) is 6.54 Å². The molecule has 0 radical (unpaired) electrons. The van der Waals surface area contributed by atoms with Gasteiger partial charge in [-0.1, -0.05) is 11.1 Å². The van der Waals surface area contributed by atoms with E-state index in [9.17, 15) is 4.91 Å². The van der Waals surface area contributed by atoms with Crippen LogP contribution >= 0.6 is 0 Å². The standard InChI is InChI=1S/C4H5NO/c1-2-3-4-5-6/h4H2,1H3. The molecule has 0 heterocycles. The lowest BCUT2D eigenvalue weighted by atomic mass is 10.6. The molecule has 0 N–H and O–H groups in total. The summed E-state index contributed by atoms with van der Waals surface area (Å²) in [5.74, 6) is 4.99. The van der Waals surface area contributed by atoms with Gasteiger partial charge < -0.3 is 0 Å². The Kier molecular flexibility index (Phi) is 3.58. The molecule has 0 rings (SSSR count). The third-order valence-corrected chi connectivity index (χ3v) is 0.320. The lowest BCUT2D eigenvalue weighted by molar-refractivity contribution is 1.26. The van der Waals surface area contributed by atoms with Crippen molar-refractivity contribution in [1.82, 2.24) is 0 Å². The Bertz CT molecular complexity index is 87.5. The molecule has 0 aromatic rings. The van der Waals surface area contributed by atoms with Gasteiger partial charge in [0.25, 0.3) is 0 Å². The minimum atomic E-state index is 0.122. The first-order chi connectivity index (χ1) is 2.91. The van der Waals surface area contributed by atoms with E-state index in [0.717, 1.165) is 0 Å². The maximum absolute atomic E-state index is 9.21. The van der Waals surface area contributed by atoms with Crippen LogP contribution in [0, 0.1) is 16.7 Å². The quantitative estimate of drug-likeness (QED) is 0.340. The second-order valence-electron chi connectivity index (χ2n) is 0.714. The van der Waals surface area contributed by atoms with Crippen LogP contribution < -0.4 is 0 Å². The fraction of sp³-hybridized carbons (Fsp3) is 0.500. The Morgan fingerprint density at radius 1 is 1.83 bits per heavy atom. The van der Waals surface area contributed by atoms with Crippen LogP contribution in [0.2, 0.25) is 0 Å². The summed E-state index contributed by atoms with van der Waals surface area (Å²) in [6, 6.07) is 0. The molecule has 0 aliphatic rings. The predicted molar refractivity (Wildman–Crippen MR) is 24.1 cm³/mol. The summed E-state index contributed by atoms with van der Waals surface area (Å²) in [7, 11) is 0. The highest BCUT2D eigenvalue weighted by Crippen LogP contribution is 1.58. The topological polar surface area (TPSA) is 29.4 Å². The van der Waals surface area contributed by atoms with Crippen LogP contribution in [0.5, 0.6) is 0 Å². The van der Waals surface area contributed by atoms with Crippen LogP contribution in [0.15, 0.2) is 5.18 Å². The van der Waals surface area contributed by atoms with Crippen molar-refractivity contribution in [3.63, 3.8) is 0 Å². The van der Waals surface area contributed by atoms with E-state index in [1.54, 1.807) is 6.92 Å². The SMILES string of the molecule is CC#CCN=O. The monoisotopic (exact) mass is 83.0 g/mol. The van der Waals surface area contributed by atoms with Crippen molar-refractivity contribution in [3.05, 3.63) is 4.91 Å². The summed E-state index contributed by atoms with van der Waals surface area (Å²) < 4.78 is 0. The van der Waals surface area contributed by atoms with Crippen molar-refractivity contribution in [3.8, 4) is 11.8 Å². The van der Waals surface area contributed by atoms with Crippen molar-refractivity contribution in [1.29, 1.82) is 0 Å². The van der Waals surface area contributed by atoms with Gasteiger partial charge in [-0.15, -0.1) is 10.8 Å². The maximum atomic E-state index is 9.21. The lowest BCUT2D eigenvalue weighted by Crippen LogP contribution is -1.63. The second-order valence-corrected chi connectivity index (χ2v) is 0.714. The van der Waals surface area contributed by atoms with Gasteiger partial charge in [-0.3, -0.25) is 0 Å². The largest absolute Gasteiger partial charge is 0.150 e. The molecular formula is C4H5NO. The minimum absolute atomic E-state index is 0.122. The molecule has 2 heteroatoms. The van der Waals surface area contributed by atoms with Gasteiger partial charge in [0.2, 0.25) is 0 Å². The van der Waals surface area contributed by atoms with Crippen LogP contribution in [0.25, 0.3) is 0 Å². The number of hydrogen-bond donors (Lipinski definition) is 0. The highest BCUT2D eigenvalue weighted by Gasteiger charge is 1.60. The average Bonchev–Trinajstić information content (AvgIpc) is 1.61. The Hall–Kier alpha value is -0.840. The van der Waals surface area contributed by atoms with Gasteiger partial charge in [-0.05, 0) is 6.92 Å². The molecule has 0 aromatic heterocycles. The molecule has 0 spiro atoms. The summed E-state index contributed by atoms with van der Waals surface area (Å²) in [5.41, 5.74) is 0. The average molecular weight is 83.1 g/mol. The molecule has 0 aromatic carbocycles. The van der Waals surface area contributed by atoms with Gasteiger partial charge in [0.15, 0.2) is 0 Å². The van der Waals surface area contributed by atoms with E-state index in [1.807, 2.05) is 0 Å². The van der Waals surface area contributed by atoms with Crippen LogP contribution in [0.3, 0.4) is 0 Å². The van der Waals surface area contributed by atoms with Gasteiger partial charge in [-0.2, -0.15) is 0 Å². The van der Waals surface area contributed by atoms with E-state index in [2.05, 4.69) is 17.0 Å². The molecule has 0 amide bonds. The van der Waals surface area contributed by atoms with Crippen LogP contribution in [-0.4, -0.2) is 6.54 Å². The molecule has 6 heavy (non-hydrogen) atoms. The third-order valence-electron chi connectivity index (χ3n) is 0.320. The summed E-state index contributed by atoms with van der Waals surface area (Å²) >= 11 is 0. The maximum Gasteiger partial charge on any atom is 0.142 e. The fourth-order valence-electron chi connectivity index (χ4n) is 0.111. The normalized spacial score (nSPS) is 5.50. The zero-order valence-corrected chi connectivity index (χ0v) is 3.56. The Morgan fingerprint density at radius 2 is 2.50 bits per heavy atom. The molecule has 0 unspecified atom stereocenters. The van der Waals surface area contributed by atoms with Crippen molar-refractivity contribution in [2.75, 3.05) is 6.54 Å². The van der Waals surface area contributed by atoms with Crippen molar-refractivity contribution in [2.24, 2.45) is 5.18 Å². The summed E-state index contributed by atoms with van der Waals surface area (Å²) in [6.45, 7) is 1.79. The first-order valence-electron chi connectivity index (χ1n) is 1.60. The molecule has 2 nitrogen and oxygen atoms in total. The van der Waals surface area contributed by atoms with Gasteiger partial charge >= 0.3 is 0 Å². The van der Waals surface area contributed by atoms with Crippen LogP contribution in [-0.2, 0) is 0 Å². The molecule has 0 bridgehead atoms. The number of nitroso groups, excluding NO2 is 1. The summed E-state index contributed by atoms with van der Waals surface area (Å²) in [4.78, 5) is 9.21. The number of hydrogen-bond acceptors (Lipinski definition) is 2. The van der Waals surface area contributed by atoms with E-state index in [4.69, 9.17) is 0 Å². The third kappa shape index (κ3) is 3.16. The molecule has 0 aliphatic heterocycles. The first-order valence-corrected chi connectivity index (χ1v) is 1.60. The molecular weight excluding hydrogens is 78.0 g/mol. The van der Waals surface area contributed by atoms with Gasteiger partial charge in [0.1, 0.15) is 6.54 Å². The smallest absolute Gasteiger partial charge is 0.142 e. The molecule has 0 aliphatic carbocycles. The Balaban J connectivity index is 3.00. The Morgan fingerprint density at radius 3 is 2.67 bits per heavy atom. The Labute approximate surface area is 36.5 Å². The fourth-order valence-corrected chi connectivity index (χ4v) is 0.111. The first kappa shape index (κ1) is 5.16. The van der Waals surface area contributed by atoms with E-state index < -0.39 is 0 Å². The van der Waals surface area contributed by atoms with Crippen LogP contribution in [0.4, 0.5) is 0 Å². The van der Waals surface area contributed by atoms with Gasteiger partial charge in [0, 0.05) is 0 Å². The highest BCUT2D eigenvalue weighted by atomic mass is 16.3. The van der Waals surface area contributed by atoms with Crippen molar-refractivity contribution < 1.29 is 0 Å². The van der Waals surface area contributed by atoms with Crippen molar-refractivity contribution >= 4 is 0 Å². The minimum Gasteiger partial charge on any atom is -0.150 e. The molecule has 0 fully saturated rings. The van der Waals surface area contributed by atoms with Gasteiger partial charge in [0.05, 0.1) is 0 Å². The predicted octanol–water partition coefficient (Wildman–Crippen LogP) is 0.776. The molecule has 0 atom stereocenters. The van der Waals surface area contributed by atoms with E-state index >= 15 is 0 Å². The van der Waals surface area contributed by atoms with Crippen LogP contribution in [0.1, 0.15) is 6.92 Å². The summed E-state index contributed by atoms with van der Waals surface area (Å²) in [5, 5.41) is 2.50. The molecule has 0 saturated carbocycles.